The maximum atomic E-state index is 13.1. The summed E-state index contributed by atoms with van der Waals surface area (Å²) in [5, 5.41) is 11.6. The van der Waals surface area contributed by atoms with E-state index in [2.05, 4.69) is 20.2 Å². The molecule has 0 bridgehead atoms. The number of likely N-dealkylation sites (tertiary alicyclic amines) is 1. The number of piperidine rings is 1. The highest BCUT2D eigenvalue weighted by atomic mass is 19.4. The summed E-state index contributed by atoms with van der Waals surface area (Å²) in [6, 6.07) is 5.46. The van der Waals surface area contributed by atoms with Crippen molar-refractivity contribution in [3.63, 3.8) is 0 Å². The number of nitrogens with zero attached hydrogens (tertiary/aromatic N) is 4. The van der Waals surface area contributed by atoms with E-state index < -0.39 is 11.7 Å². The second-order valence-corrected chi connectivity index (χ2v) is 7.76. The molecule has 1 aliphatic rings. The van der Waals surface area contributed by atoms with Gasteiger partial charge in [-0.1, -0.05) is 12.1 Å². The quantitative estimate of drug-likeness (QED) is 0.697. The van der Waals surface area contributed by atoms with Gasteiger partial charge in [0.25, 0.3) is 0 Å². The van der Waals surface area contributed by atoms with Gasteiger partial charge in [0.15, 0.2) is 0 Å². The van der Waals surface area contributed by atoms with Crippen molar-refractivity contribution in [3.05, 3.63) is 59.2 Å². The third-order valence-corrected chi connectivity index (χ3v) is 5.59. The third-order valence-electron chi connectivity index (χ3n) is 5.59. The Balaban J connectivity index is 1.55. The molecule has 0 radical (unpaired) electrons. The van der Waals surface area contributed by atoms with Crippen molar-refractivity contribution in [2.24, 2.45) is 7.05 Å². The van der Waals surface area contributed by atoms with Crippen LogP contribution in [0.15, 0.2) is 36.7 Å². The Bertz CT molecular complexity index is 988. The van der Waals surface area contributed by atoms with E-state index in [1.165, 1.54) is 17.7 Å². The number of aromatic nitrogens is 4. The predicted octanol–water partition coefficient (Wildman–Crippen LogP) is 4.52. The fourth-order valence-corrected chi connectivity index (χ4v) is 4.18. The van der Waals surface area contributed by atoms with Crippen LogP contribution < -0.4 is 0 Å². The van der Waals surface area contributed by atoms with E-state index >= 15 is 0 Å². The molecule has 1 aromatic carbocycles. The summed E-state index contributed by atoms with van der Waals surface area (Å²) in [7, 11) is 1.92. The Labute approximate surface area is 167 Å². The fourth-order valence-electron chi connectivity index (χ4n) is 4.18. The van der Waals surface area contributed by atoms with Crippen LogP contribution in [0.3, 0.4) is 0 Å². The van der Waals surface area contributed by atoms with Crippen LogP contribution in [0, 0.1) is 6.92 Å². The van der Waals surface area contributed by atoms with Gasteiger partial charge in [0.1, 0.15) is 0 Å². The molecule has 0 aliphatic carbocycles. The van der Waals surface area contributed by atoms with Gasteiger partial charge in [0, 0.05) is 49.1 Å². The van der Waals surface area contributed by atoms with E-state index in [-0.39, 0.29) is 5.92 Å². The highest BCUT2D eigenvalue weighted by Crippen LogP contribution is 2.36. The molecule has 1 N–H and O–H groups in total. The van der Waals surface area contributed by atoms with Gasteiger partial charge in [-0.15, -0.1) is 0 Å². The fraction of sp³-hybridized carbons (Fsp3) is 0.429. The molecule has 29 heavy (non-hydrogen) atoms. The Hall–Kier alpha value is -2.61. The second-order valence-electron chi connectivity index (χ2n) is 7.76. The Morgan fingerprint density at radius 3 is 2.83 bits per heavy atom. The molecule has 1 aliphatic heterocycles. The molecule has 4 rings (SSSR count). The van der Waals surface area contributed by atoms with Crippen LogP contribution in [0.5, 0.6) is 0 Å². The summed E-state index contributed by atoms with van der Waals surface area (Å²) in [4.78, 5) is 2.38. The van der Waals surface area contributed by atoms with E-state index in [4.69, 9.17) is 0 Å². The summed E-state index contributed by atoms with van der Waals surface area (Å²) in [6.45, 7) is 4.67. The lowest BCUT2D eigenvalue weighted by Crippen LogP contribution is -2.34. The minimum absolute atomic E-state index is 0.202. The second kappa shape index (κ2) is 7.67. The highest BCUT2D eigenvalue weighted by molar-refractivity contribution is 5.66. The molecule has 1 atom stereocenters. The van der Waals surface area contributed by atoms with Gasteiger partial charge in [-0.25, -0.2) is 0 Å². The summed E-state index contributed by atoms with van der Waals surface area (Å²) < 4.78 is 41.2. The highest BCUT2D eigenvalue weighted by Gasteiger charge is 2.31. The molecule has 154 valence electrons. The number of halogens is 3. The number of hydrogen-bond acceptors (Lipinski definition) is 3. The maximum absolute atomic E-state index is 13.1. The number of alkyl halides is 3. The molecule has 0 amide bonds. The molecule has 0 spiro atoms. The SMILES string of the molecule is Cc1nn(C)cc1CN1CCC[C@H](c2[nH]ncc2-c2cccc(C(F)(F)F)c2)C1. The van der Waals surface area contributed by atoms with Gasteiger partial charge in [-0.2, -0.15) is 23.4 Å². The van der Waals surface area contributed by atoms with Gasteiger partial charge >= 0.3 is 6.18 Å². The molecular weight excluding hydrogens is 379 g/mol. The van der Waals surface area contributed by atoms with Crippen molar-refractivity contribution in [1.29, 1.82) is 0 Å². The number of H-pyrrole nitrogens is 1. The van der Waals surface area contributed by atoms with Gasteiger partial charge in [-0.05, 0) is 44.0 Å². The number of nitrogens with one attached hydrogen (secondary N) is 1. The molecule has 1 fully saturated rings. The standard InChI is InChI=1S/C21H24F3N5/c1-14-17(11-28(2)27-14)13-29-8-4-6-16(12-29)20-19(10-25-26-20)15-5-3-7-18(9-15)21(22,23)24/h3,5,7,9-11,16H,4,6,8,12-13H2,1-2H3,(H,25,26)/t16-/m0/s1. The van der Waals surface area contributed by atoms with Crippen molar-refractivity contribution in [2.45, 2.75) is 38.4 Å². The van der Waals surface area contributed by atoms with Crippen LogP contribution >= 0.6 is 0 Å². The van der Waals surface area contributed by atoms with E-state index in [1.807, 2.05) is 24.9 Å². The molecule has 0 saturated carbocycles. The zero-order chi connectivity index (χ0) is 20.6. The van der Waals surface area contributed by atoms with Crippen molar-refractivity contribution >= 4 is 0 Å². The number of aromatic amines is 1. The average Bonchev–Trinajstić information content (AvgIpc) is 3.28. The van der Waals surface area contributed by atoms with Gasteiger partial charge in [0.05, 0.1) is 17.5 Å². The largest absolute Gasteiger partial charge is 0.416 e. The molecule has 8 heteroatoms. The molecule has 1 saturated heterocycles. The first kappa shape index (κ1) is 19.7. The molecule has 3 heterocycles. The summed E-state index contributed by atoms with van der Waals surface area (Å²) in [5.41, 5.74) is 3.80. The number of hydrogen-bond donors (Lipinski definition) is 1. The zero-order valence-electron chi connectivity index (χ0n) is 16.5. The van der Waals surface area contributed by atoms with Crippen LogP contribution in [0.4, 0.5) is 13.2 Å². The zero-order valence-corrected chi connectivity index (χ0v) is 16.5. The monoisotopic (exact) mass is 403 g/mol. The predicted molar refractivity (Wildman–Crippen MR) is 104 cm³/mol. The van der Waals surface area contributed by atoms with E-state index in [9.17, 15) is 13.2 Å². The van der Waals surface area contributed by atoms with E-state index in [0.29, 0.717) is 5.56 Å². The third kappa shape index (κ3) is 4.22. The molecule has 5 nitrogen and oxygen atoms in total. The first-order valence-corrected chi connectivity index (χ1v) is 9.73. The Kier molecular flexibility index (Phi) is 5.21. The number of rotatable bonds is 4. The summed E-state index contributed by atoms with van der Waals surface area (Å²) in [5.74, 6) is 0.202. The number of benzene rings is 1. The van der Waals surface area contributed by atoms with Crippen LogP contribution in [-0.2, 0) is 19.8 Å². The van der Waals surface area contributed by atoms with Gasteiger partial charge in [-0.3, -0.25) is 14.7 Å². The first-order valence-electron chi connectivity index (χ1n) is 9.73. The molecule has 2 aromatic heterocycles. The Morgan fingerprint density at radius 1 is 1.28 bits per heavy atom. The molecular formula is C21H24F3N5. The van der Waals surface area contributed by atoms with Crippen LogP contribution in [-0.4, -0.2) is 38.0 Å². The Morgan fingerprint density at radius 2 is 2.10 bits per heavy atom. The van der Waals surface area contributed by atoms with E-state index in [0.717, 1.165) is 55.5 Å². The van der Waals surface area contributed by atoms with Crippen molar-refractivity contribution in [1.82, 2.24) is 24.9 Å². The molecule has 3 aromatic rings. The lowest BCUT2D eigenvalue weighted by molar-refractivity contribution is -0.137. The normalized spacial score (nSPS) is 18.3. The minimum Gasteiger partial charge on any atom is -0.298 e. The summed E-state index contributed by atoms with van der Waals surface area (Å²) in [6.07, 6.45) is 1.34. The molecule has 0 unspecified atom stereocenters. The van der Waals surface area contributed by atoms with Crippen molar-refractivity contribution in [3.8, 4) is 11.1 Å². The topological polar surface area (TPSA) is 49.7 Å². The lowest BCUT2D eigenvalue weighted by Gasteiger charge is -2.32. The maximum Gasteiger partial charge on any atom is 0.416 e. The van der Waals surface area contributed by atoms with Crippen LogP contribution in [0.25, 0.3) is 11.1 Å². The summed E-state index contributed by atoms with van der Waals surface area (Å²) >= 11 is 0. The van der Waals surface area contributed by atoms with Crippen LogP contribution in [0.1, 0.15) is 41.3 Å². The first-order chi connectivity index (χ1) is 13.8. The van der Waals surface area contributed by atoms with Gasteiger partial charge in [0.2, 0.25) is 0 Å². The lowest BCUT2D eigenvalue weighted by atomic mass is 9.90. The smallest absolute Gasteiger partial charge is 0.298 e. The van der Waals surface area contributed by atoms with E-state index in [1.54, 1.807) is 12.3 Å². The van der Waals surface area contributed by atoms with Crippen molar-refractivity contribution < 1.29 is 13.2 Å². The van der Waals surface area contributed by atoms with Crippen molar-refractivity contribution in [2.75, 3.05) is 13.1 Å². The minimum atomic E-state index is -4.36. The average molecular weight is 403 g/mol. The van der Waals surface area contributed by atoms with Gasteiger partial charge < -0.3 is 0 Å². The van der Waals surface area contributed by atoms with Crippen LogP contribution in [0.2, 0.25) is 0 Å². The number of aryl methyl sites for hydroxylation is 2.